The highest BCUT2D eigenvalue weighted by Crippen LogP contribution is 2.13. The minimum absolute atomic E-state index is 0.0303. The SMILES string of the molecule is CC/C=C\C/C=C\C/C=C\CCCCCCCC(=O)OC(COCCC(C(=O)[O-])[N+](C)(C)C)COC(=O)CCCCCCC/C=C\CCCCCCCC. The molecule has 0 N–H and O–H groups in total. The Morgan fingerprint density at radius 2 is 1.04 bits per heavy atom. The predicted octanol–water partition coefficient (Wildman–Crippen LogP) is 10.3. The number of likely N-dealkylation sites (N-methyl/N-ethyl adjacent to an activating group) is 1. The maximum Gasteiger partial charge on any atom is 0.306 e. The molecule has 0 rings (SSSR count). The first kappa shape index (κ1) is 51.3. The summed E-state index contributed by atoms with van der Waals surface area (Å²) in [5.74, 6) is -1.77. The van der Waals surface area contributed by atoms with Gasteiger partial charge >= 0.3 is 11.9 Å². The number of ether oxygens (including phenoxy) is 3. The molecule has 0 spiro atoms. The Bertz CT molecular complexity index is 1030. The zero-order chi connectivity index (χ0) is 40.0. The van der Waals surface area contributed by atoms with E-state index in [1.807, 2.05) is 0 Å². The highest BCUT2D eigenvalue weighted by atomic mass is 16.6. The molecule has 0 aliphatic carbocycles. The molecule has 8 heteroatoms. The quantitative estimate of drug-likeness (QED) is 0.0267. The van der Waals surface area contributed by atoms with E-state index >= 15 is 0 Å². The number of rotatable bonds is 38. The number of aliphatic carboxylic acids is 1. The molecule has 0 aliphatic heterocycles. The van der Waals surface area contributed by atoms with Gasteiger partial charge in [-0.1, -0.05) is 133 Å². The molecule has 0 radical (unpaired) electrons. The van der Waals surface area contributed by atoms with Gasteiger partial charge < -0.3 is 28.6 Å². The van der Waals surface area contributed by atoms with Crippen LogP contribution in [0.2, 0.25) is 0 Å². The second-order valence-electron chi connectivity index (χ2n) is 15.5. The van der Waals surface area contributed by atoms with Crippen molar-refractivity contribution in [3.05, 3.63) is 48.6 Å². The third-order valence-corrected chi connectivity index (χ3v) is 9.45. The van der Waals surface area contributed by atoms with Gasteiger partial charge in [-0.2, -0.15) is 0 Å². The number of carboxylic acids is 1. The minimum Gasteiger partial charge on any atom is -0.544 e. The van der Waals surface area contributed by atoms with Gasteiger partial charge in [0.1, 0.15) is 12.6 Å². The molecule has 0 aromatic rings. The van der Waals surface area contributed by atoms with Gasteiger partial charge in [0.05, 0.1) is 40.3 Å². The number of nitrogens with zero attached hydrogens (tertiary/aromatic N) is 1. The third-order valence-electron chi connectivity index (χ3n) is 9.45. The second-order valence-corrected chi connectivity index (χ2v) is 15.5. The summed E-state index contributed by atoms with van der Waals surface area (Å²) in [5, 5.41) is 11.6. The van der Waals surface area contributed by atoms with Gasteiger partial charge in [-0.15, -0.1) is 0 Å². The summed E-state index contributed by atoms with van der Waals surface area (Å²) in [7, 11) is 5.39. The maximum atomic E-state index is 12.7. The number of carbonyl (C=O) groups is 3. The first-order chi connectivity index (χ1) is 26.1. The first-order valence-corrected chi connectivity index (χ1v) is 21.7. The number of hydrogen-bond donors (Lipinski definition) is 0. The van der Waals surface area contributed by atoms with Gasteiger partial charge in [0.15, 0.2) is 6.10 Å². The van der Waals surface area contributed by atoms with Crippen LogP contribution in [0.5, 0.6) is 0 Å². The number of allylic oxidation sites excluding steroid dienone is 8. The van der Waals surface area contributed by atoms with E-state index in [0.717, 1.165) is 89.9 Å². The van der Waals surface area contributed by atoms with E-state index in [9.17, 15) is 19.5 Å². The zero-order valence-corrected chi connectivity index (χ0v) is 35.4. The number of esters is 2. The molecule has 0 saturated carbocycles. The lowest BCUT2D eigenvalue weighted by Gasteiger charge is -2.34. The summed E-state index contributed by atoms with van der Waals surface area (Å²) >= 11 is 0. The fourth-order valence-electron chi connectivity index (χ4n) is 6.08. The van der Waals surface area contributed by atoms with Crippen LogP contribution in [-0.2, 0) is 28.6 Å². The molecule has 0 amide bonds. The largest absolute Gasteiger partial charge is 0.544 e. The molecular weight excluding hydrogens is 679 g/mol. The van der Waals surface area contributed by atoms with Gasteiger partial charge in [0.2, 0.25) is 0 Å². The molecule has 2 unspecified atom stereocenters. The fourth-order valence-corrected chi connectivity index (χ4v) is 6.08. The molecule has 2 atom stereocenters. The highest BCUT2D eigenvalue weighted by molar-refractivity contribution is 5.70. The van der Waals surface area contributed by atoms with Crippen molar-refractivity contribution >= 4 is 17.9 Å². The van der Waals surface area contributed by atoms with Gasteiger partial charge in [-0.05, 0) is 70.6 Å². The smallest absolute Gasteiger partial charge is 0.306 e. The molecular formula is C46H81NO7. The van der Waals surface area contributed by atoms with E-state index in [4.69, 9.17) is 14.2 Å². The summed E-state index contributed by atoms with van der Waals surface area (Å²) in [5.41, 5.74) is 0. The first-order valence-electron chi connectivity index (χ1n) is 21.7. The lowest BCUT2D eigenvalue weighted by atomic mass is 10.1. The normalized spacial score (nSPS) is 13.4. The van der Waals surface area contributed by atoms with Crippen LogP contribution in [0.1, 0.15) is 174 Å². The van der Waals surface area contributed by atoms with Crippen LogP contribution >= 0.6 is 0 Å². The summed E-state index contributed by atoms with van der Waals surface area (Å²) in [6.07, 6.45) is 42.7. The van der Waals surface area contributed by atoms with Crippen molar-refractivity contribution in [3.63, 3.8) is 0 Å². The Morgan fingerprint density at radius 1 is 0.574 bits per heavy atom. The van der Waals surface area contributed by atoms with E-state index in [1.165, 1.54) is 51.4 Å². The van der Waals surface area contributed by atoms with Gasteiger partial charge in [-0.3, -0.25) is 9.59 Å². The van der Waals surface area contributed by atoms with E-state index in [-0.39, 0.29) is 42.7 Å². The van der Waals surface area contributed by atoms with Crippen molar-refractivity contribution in [3.8, 4) is 0 Å². The molecule has 0 saturated heterocycles. The summed E-state index contributed by atoms with van der Waals surface area (Å²) in [4.78, 5) is 36.8. The summed E-state index contributed by atoms with van der Waals surface area (Å²) in [6.45, 7) is 4.51. The van der Waals surface area contributed by atoms with Crippen molar-refractivity contribution < 1.29 is 38.2 Å². The van der Waals surface area contributed by atoms with Crippen molar-refractivity contribution in [1.29, 1.82) is 0 Å². The molecule has 0 heterocycles. The van der Waals surface area contributed by atoms with Crippen LogP contribution in [0.15, 0.2) is 48.6 Å². The molecule has 0 aliphatic rings. The van der Waals surface area contributed by atoms with Crippen LogP contribution in [0.4, 0.5) is 0 Å². The van der Waals surface area contributed by atoms with Crippen LogP contribution in [-0.4, -0.2) is 75.5 Å². The van der Waals surface area contributed by atoms with Crippen LogP contribution in [0.25, 0.3) is 0 Å². The van der Waals surface area contributed by atoms with E-state index in [2.05, 4.69) is 62.5 Å². The van der Waals surface area contributed by atoms with Crippen LogP contribution < -0.4 is 5.11 Å². The average molecular weight is 760 g/mol. The number of carboxylic acid groups (broad SMARTS) is 1. The lowest BCUT2D eigenvalue weighted by molar-refractivity contribution is -0.889. The fraction of sp³-hybridized carbons (Fsp3) is 0.761. The summed E-state index contributed by atoms with van der Waals surface area (Å²) in [6, 6.07) is -0.730. The van der Waals surface area contributed by atoms with Crippen molar-refractivity contribution in [2.24, 2.45) is 0 Å². The second kappa shape index (κ2) is 37.2. The number of quaternary nitrogens is 1. The molecule has 54 heavy (non-hydrogen) atoms. The Labute approximate surface area is 331 Å². The standard InChI is InChI=1S/C46H81NO7/c1-6-8-10-12-14-16-18-20-22-24-26-28-30-32-34-36-44(48)53-41-42(40-52-39-38-43(46(50)51)47(3,4)5)54-45(49)37-35-33-31-29-27-25-23-21-19-17-15-13-11-9-7-2/h9,11,15,17,20-23,42-43H,6-8,10,12-14,16,18-19,24-41H2,1-5H3/b11-9-,17-15-,22-20-,23-21-. The molecule has 0 aromatic heterocycles. The van der Waals surface area contributed by atoms with E-state index < -0.39 is 18.1 Å². The molecule has 0 bridgehead atoms. The van der Waals surface area contributed by atoms with Crippen molar-refractivity contribution in [2.45, 2.75) is 187 Å². The third kappa shape index (κ3) is 35.0. The number of carbonyl (C=O) groups excluding carboxylic acids is 3. The topological polar surface area (TPSA) is 102 Å². The molecule has 312 valence electrons. The highest BCUT2D eigenvalue weighted by Gasteiger charge is 2.25. The number of unbranched alkanes of at least 4 members (excludes halogenated alkanes) is 16. The van der Waals surface area contributed by atoms with Crippen LogP contribution in [0.3, 0.4) is 0 Å². The summed E-state index contributed by atoms with van der Waals surface area (Å²) < 4.78 is 17.1. The monoisotopic (exact) mass is 760 g/mol. The number of hydrogen-bond acceptors (Lipinski definition) is 7. The van der Waals surface area contributed by atoms with Crippen molar-refractivity contribution in [2.75, 3.05) is 41.0 Å². The zero-order valence-electron chi connectivity index (χ0n) is 35.4. The Kier molecular flexibility index (Phi) is 35.4. The van der Waals surface area contributed by atoms with Crippen LogP contribution in [0, 0.1) is 0 Å². The minimum atomic E-state index is -1.13. The predicted molar refractivity (Wildman–Crippen MR) is 222 cm³/mol. The van der Waals surface area contributed by atoms with Crippen molar-refractivity contribution in [1.82, 2.24) is 0 Å². The van der Waals surface area contributed by atoms with Gasteiger partial charge in [-0.25, -0.2) is 0 Å². The molecule has 0 fully saturated rings. The van der Waals surface area contributed by atoms with Gasteiger partial charge in [0, 0.05) is 19.3 Å². The molecule has 0 aromatic carbocycles. The molecule has 8 nitrogen and oxygen atoms in total. The van der Waals surface area contributed by atoms with E-state index in [1.54, 1.807) is 21.1 Å². The van der Waals surface area contributed by atoms with E-state index in [0.29, 0.717) is 12.8 Å². The van der Waals surface area contributed by atoms with Gasteiger partial charge in [0.25, 0.3) is 0 Å². The maximum absolute atomic E-state index is 12.7. The average Bonchev–Trinajstić information content (AvgIpc) is 3.12. The Balaban J connectivity index is 4.40. The lowest BCUT2D eigenvalue weighted by Crippen LogP contribution is -2.55. The Morgan fingerprint density at radius 3 is 1.56 bits per heavy atom. The Hall–Kier alpha value is -2.71.